The largest absolute Gasteiger partial charge is 0.368 e. The van der Waals surface area contributed by atoms with Crippen LogP contribution < -0.4 is 10.2 Å². The third kappa shape index (κ3) is 6.36. The van der Waals surface area contributed by atoms with Gasteiger partial charge in [0.1, 0.15) is 0 Å². The van der Waals surface area contributed by atoms with Gasteiger partial charge in [0.15, 0.2) is 5.69 Å². The van der Waals surface area contributed by atoms with Gasteiger partial charge in [-0.15, -0.1) is 5.10 Å². The van der Waals surface area contributed by atoms with Gasteiger partial charge in [-0.2, -0.15) is 0 Å². The molecule has 0 aliphatic carbocycles. The molecule has 1 saturated heterocycles. The first-order valence-electron chi connectivity index (χ1n) is 11.8. The third-order valence-electron chi connectivity index (χ3n) is 6.18. The minimum absolute atomic E-state index is 0.170. The summed E-state index contributed by atoms with van der Waals surface area (Å²) in [4.78, 5) is 17.5. The standard InChI is InChI=1S/C25H29BrCl2N6O/c1-2-6-22-24(30-31-34(22)17-18-7-3-4-8-19(18)26)25(35)29-11-12-32-13-15-33(16-14-32)21-10-5-9-20(27)23(21)28/h3-5,7-10H,2,6,11-17H2,1H3,(H,29,35). The molecule has 2 aromatic carbocycles. The summed E-state index contributed by atoms with van der Waals surface area (Å²) >= 11 is 16.1. The summed E-state index contributed by atoms with van der Waals surface area (Å²) in [5, 5.41) is 12.7. The monoisotopic (exact) mass is 578 g/mol. The fourth-order valence-electron chi connectivity index (χ4n) is 4.27. The smallest absolute Gasteiger partial charge is 0.273 e. The van der Waals surface area contributed by atoms with Crippen molar-refractivity contribution in [3.8, 4) is 0 Å². The molecule has 10 heteroatoms. The molecule has 0 spiro atoms. The molecule has 0 saturated carbocycles. The lowest BCUT2D eigenvalue weighted by Crippen LogP contribution is -2.48. The van der Waals surface area contributed by atoms with E-state index in [9.17, 15) is 4.79 Å². The zero-order chi connectivity index (χ0) is 24.8. The Morgan fingerprint density at radius 2 is 1.86 bits per heavy atom. The number of anilines is 1. The van der Waals surface area contributed by atoms with E-state index >= 15 is 0 Å². The Morgan fingerprint density at radius 3 is 2.60 bits per heavy atom. The van der Waals surface area contributed by atoms with Crippen LogP contribution in [0.3, 0.4) is 0 Å². The fraction of sp³-hybridized carbons (Fsp3) is 0.400. The molecule has 7 nitrogen and oxygen atoms in total. The van der Waals surface area contributed by atoms with Crippen molar-refractivity contribution in [2.45, 2.75) is 26.3 Å². The summed E-state index contributed by atoms with van der Waals surface area (Å²) in [7, 11) is 0. The molecule has 2 heterocycles. The van der Waals surface area contributed by atoms with Gasteiger partial charge in [0.2, 0.25) is 0 Å². The SMILES string of the molecule is CCCc1c(C(=O)NCCN2CCN(c3cccc(Cl)c3Cl)CC2)nnn1Cc1ccccc1Br. The summed E-state index contributed by atoms with van der Waals surface area (Å²) in [5.74, 6) is -0.170. The van der Waals surface area contributed by atoms with E-state index in [0.717, 1.165) is 67.0 Å². The van der Waals surface area contributed by atoms with Crippen LogP contribution in [0.5, 0.6) is 0 Å². The number of halogens is 3. The molecule has 0 unspecified atom stereocenters. The van der Waals surface area contributed by atoms with E-state index in [1.807, 2.05) is 41.1 Å². The van der Waals surface area contributed by atoms with Gasteiger partial charge in [-0.1, -0.05) is 82.0 Å². The van der Waals surface area contributed by atoms with Crippen LogP contribution in [0, 0.1) is 0 Å². The number of aromatic nitrogens is 3. The van der Waals surface area contributed by atoms with Crippen molar-refractivity contribution in [3.05, 3.63) is 73.9 Å². The maximum Gasteiger partial charge on any atom is 0.273 e. The number of benzene rings is 2. The number of nitrogens with one attached hydrogen (secondary N) is 1. The van der Waals surface area contributed by atoms with Crippen molar-refractivity contribution in [1.29, 1.82) is 0 Å². The minimum Gasteiger partial charge on any atom is -0.368 e. The predicted octanol–water partition coefficient (Wildman–Crippen LogP) is 4.90. The quantitative estimate of drug-likeness (QED) is 0.390. The molecule has 35 heavy (non-hydrogen) atoms. The normalized spacial score (nSPS) is 14.3. The summed E-state index contributed by atoms with van der Waals surface area (Å²) in [5.41, 5.74) is 3.35. The molecule has 1 aromatic heterocycles. The topological polar surface area (TPSA) is 66.3 Å². The summed E-state index contributed by atoms with van der Waals surface area (Å²) in [6.45, 7) is 7.49. The van der Waals surface area contributed by atoms with Crippen molar-refractivity contribution in [2.75, 3.05) is 44.2 Å². The Hall–Kier alpha value is -2.13. The van der Waals surface area contributed by atoms with E-state index in [4.69, 9.17) is 23.2 Å². The van der Waals surface area contributed by atoms with Crippen LogP contribution in [0.2, 0.25) is 10.0 Å². The zero-order valence-electron chi connectivity index (χ0n) is 19.7. The van der Waals surface area contributed by atoms with E-state index in [1.165, 1.54) is 0 Å². The first-order chi connectivity index (χ1) is 17.0. The van der Waals surface area contributed by atoms with Crippen LogP contribution in [0.25, 0.3) is 0 Å². The number of hydrogen-bond donors (Lipinski definition) is 1. The van der Waals surface area contributed by atoms with Gasteiger partial charge < -0.3 is 10.2 Å². The Kier molecular flexibility index (Phi) is 9.05. The molecule has 0 bridgehead atoms. The maximum atomic E-state index is 12.9. The van der Waals surface area contributed by atoms with Gasteiger partial charge in [-0.05, 0) is 30.2 Å². The van der Waals surface area contributed by atoms with Gasteiger partial charge in [0.05, 0.1) is 28.0 Å². The zero-order valence-corrected chi connectivity index (χ0v) is 22.8. The summed E-state index contributed by atoms with van der Waals surface area (Å²) in [6.07, 6.45) is 1.65. The Bertz CT molecular complexity index is 1160. The number of carbonyl (C=O) groups excluding carboxylic acids is 1. The van der Waals surface area contributed by atoms with Gasteiger partial charge in [0.25, 0.3) is 5.91 Å². The first-order valence-corrected chi connectivity index (χ1v) is 13.4. The molecule has 3 aromatic rings. The second-order valence-electron chi connectivity index (χ2n) is 8.54. The van der Waals surface area contributed by atoms with E-state index in [0.29, 0.717) is 28.8 Å². The number of amides is 1. The fourth-order valence-corrected chi connectivity index (χ4v) is 5.09. The highest BCUT2D eigenvalue weighted by atomic mass is 79.9. The maximum absolute atomic E-state index is 12.9. The highest BCUT2D eigenvalue weighted by Gasteiger charge is 2.22. The van der Waals surface area contributed by atoms with Crippen LogP contribution in [0.4, 0.5) is 5.69 Å². The van der Waals surface area contributed by atoms with Crippen molar-refractivity contribution in [1.82, 2.24) is 25.2 Å². The van der Waals surface area contributed by atoms with Crippen molar-refractivity contribution < 1.29 is 4.79 Å². The molecule has 0 radical (unpaired) electrons. The molecule has 4 rings (SSSR count). The van der Waals surface area contributed by atoms with Gasteiger partial charge in [-0.3, -0.25) is 9.69 Å². The molecule has 1 aliphatic heterocycles. The van der Waals surface area contributed by atoms with Gasteiger partial charge in [-0.25, -0.2) is 4.68 Å². The highest BCUT2D eigenvalue weighted by Crippen LogP contribution is 2.32. The Morgan fingerprint density at radius 1 is 1.09 bits per heavy atom. The lowest BCUT2D eigenvalue weighted by Gasteiger charge is -2.36. The number of carbonyl (C=O) groups is 1. The van der Waals surface area contributed by atoms with Gasteiger partial charge >= 0.3 is 0 Å². The average Bonchev–Trinajstić information content (AvgIpc) is 3.25. The van der Waals surface area contributed by atoms with Crippen LogP contribution in [-0.4, -0.2) is 65.1 Å². The minimum atomic E-state index is -0.170. The predicted molar refractivity (Wildman–Crippen MR) is 145 cm³/mol. The molecular formula is C25H29BrCl2N6O. The lowest BCUT2D eigenvalue weighted by atomic mass is 10.1. The molecular weight excluding hydrogens is 551 g/mol. The molecule has 1 amide bonds. The van der Waals surface area contributed by atoms with Crippen LogP contribution in [0.15, 0.2) is 46.9 Å². The molecule has 1 N–H and O–H groups in total. The average molecular weight is 580 g/mol. The third-order valence-corrected chi connectivity index (χ3v) is 7.76. The van der Waals surface area contributed by atoms with E-state index < -0.39 is 0 Å². The van der Waals surface area contributed by atoms with E-state index in [2.05, 4.69) is 48.3 Å². The number of hydrogen-bond acceptors (Lipinski definition) is 5. The van der Waals surface area contributed by atoms with E-state index in [-0.39, 0.29) is 5.91 Å². The Labute approximate surface area is 224 Å². The van der Waals surface area contributed by atoms with Crippen LogP contribution in [0.1, 0.15) is 35.1 Å². The number of nitrogens with zero attached hydrogens (tertiary/aromatic N) is 5. The van der Waals surface area contributed by atoms with Gasteiger partial charge in [0, 0.05) is 43.7 Å². The molecule has 1 fully saturated rings. The first kappa shape index (κ1) is 25.9. The molecule has 1 aliphatic rings. The highest BCUT2D eigenvalue weighted by molar-refractivity contribution is 9.10. The summed E-state index contributed by atoms with van der Waals surface area (Å²) < 4.78 is 2.85. The van der Waals surface area contributed by atoms with Crippen LogP contribution in [-0.2, 0) is 13.0 Å². The number of piperazine rings is 1. The number of rotatable bonds is 9. The van der Waals surface area contributed by atoms with Crippen molar-refractivity contribution in [3.63, 3.8) is 0 Å². The second-order valence-corrected chi connectivity index (χ2v) is 10.2. The van der Waals surface area contributed by atoms with Crippen LogP contribution >= 0.6 is 39.1 Å². The molecule has 186 valence electrons. The van der Waals surface area contributed by atoms with Crippen molar-refractivity contribution >= 4 is 50.7 Å². The van der Waals surface area contributed by atoms with E-state index in [1.54, 1.807) is 6.07 Å². The lowest BCUT2D eigenvalue weighted by molar-refractivity contribution is 0.0941. The second kappa shape index (κ2) is 12.2. The Balaban J connectivity index is 1.30. The van der Waals surface area contributed by atoms with Crippen molar-refractivity contribution in [2.24, 2.45) is 0 Å². The molecule has 0 atom stereocenters. The summed E-state index contributed by atoms with van der Waals surface area (Å²) in [6, 6.07) is 13.7.